The molecule has 0 fully saturated rings. The van der Waals surface area contributed by atoms with Gasteiger partial charge in [-0.2, -0.15) is 0 Å². The van der Waals surface area contributed by atoms with E-state index in [4.69, 9.17) is 4.84 Å². The van der Waals surface area contributed by atoms with Gasteiger partial charge in [-0.15, -0.1) is 30.4 Å². The van der Waals surface area contributed by atoms with Crippen LogP contribution < -0.4 is 11.0 Å². The molecule has 0 aromatic carbocycles. The highest BCUT2D eigenvalue weighted by Gasteiger charge is 1.75. The third-order valence-electron chi connectivity index (χ3n) is 0.480. The maximum Gasteiger partial charge on any atom is 0.0696 e. The lowest BCUT2D eigenvalue weighted by Crippen LogP contribution is -2.27. The maximum absolute atomic E-state index is 4.77. The first-order valence-electron chi connectivity index (χ1n) is 2.45. The first kappa shape index (κ1) is 16.2. The van der Waals surface area contributed by atoms with Crippen LogP contribution in [-0.2, 0) is 4.84 Å². The molecular formula is C4H14Cl2N2O. The Labute approximate surface area is 68.3 Å². The van der Waals surface area contributed by atoms with Crippen molar-refractivity contribution in [3.63, 3.8) is 0 Å². The van der Waals surface area contributed by atoms with E-state index in [2.05, 4.69) is 17.9 Å². The molecule has 0 aromatic rings. The van der Waals surface area contributed by atoms with Crippen molar-refractivity contribution in [1.29, 1.82) is 0 Å². The van der Waals surface area contributed by atoms with Crippen molar-refractivity contribution < 1.29 is 4.84 Å². The topological polar surface area (TPSA) is 33.3 Å². The standard InChI is InChI=1S/C4H12N2O.2ClH/c1-3-4-7-6-5-2;;/h5-6H,3-4H2,1-2H3;2*1H. The van der Waals surface area contributed by atoms with Gasteiger partial charge in [0.2, 0.25) is 0 Å². The average Bonchev–Trinajstić information content (AvgIpc) is 1.69. The van der Waals surface area contributed by atoms with Crippen LogP contribution in [0.3, 0.4) is 0 Å². The molecule has 0 aliphatic carbocycles. The van der Waals surface area contributed by atoms with Crippen LogP contribution in [0.5, 0.6) is 0 Å². The molecule has 0 aliphatic rings. The molecule has 0 spiro atoms. The van der Waals surface area contributed by atoms with Gasteiger partial charge in [0.15, 0.2) is 0 Å². The zero-order valence-corrected chi connectivity index (χ0v) is 7.27. The van der Waals surface area contributed by atoms with Crippen molar-refractivity contribution in [2.45, 2.75) is 13.3 Å². The number of rotatable bonds is 4. The van der Waals surface area contributed by atoms with Crippen molar-refractivity contribution in [2.24, 2.45) is 0 Å². The fourth-order valence-electron chi connectivity index (χ4n) is 0.225. The predicted molar refractivity (Wildman–Crippen MR) is 42.9 cm³/mol. The number of hydrogen-bond donors (Lipinski definition) is 2. The van der Waals surface area contributed by atoms with Crippen molar-refractivity contribution >= 4 is 24.8 Å². The third-order valence-corrected chi connectivity index (χ3v) is 0.480. The van der Waals surface area contributed by atoms with Gasteiger partial charge in [0.05, 0.1) is 6.61 Å². The fourth-order valence-corrected chi connectivity index (χ4v) is 0.225. The predicted octanol–water partition coefficient (Wildman–Crippen LogP) is 0.896. The smallest absolute Gasteiger partial charge is 0.0696 e. The molecule has 0 aliphatic heterocycles. The lowest BCUT2D eigenvalue weighted by Gasteiger charge is -1.98. The van der Waals surface area contributed by atoms with Gasteiger partial charge in [-0.3, -0.25) is 4.84 Å². The lowest BCUT2D eigenvalue weighted by molar-refractivity contribution is 0.0170. The van der Waals surface area contributed by atoms with Crippen LogP contribution in [0.4, 0.5) is 0 Å². The summed E-state index contributed by atoms with van der Waals surface area (Å²) in [7, 11) is 1.76. The van der Waals surface area contributed by atoms with E-state index in [1.807, 2.05) is 0 Å². The number of halogens is 2. The maximum atomic E-state index is 4.77. The summed E-state index contributed by atoms with van der Waals surface area (Å²) in [6.07, 6.45) is 1.04. The van der Waals surface area contributed by atoms with Crippen molar-refractivity contribution in [1.82, 2.24) is 11.0 Å². The Bertz CT molecular complexity index is 35.7. The molecule has 2 N–H and O–H groups in total. The van der Waals surface area contributed by atoms with Gasteiger partial charge in [0.1, 0.15) is 0 Å². The highest BCUT2D eigenvalue weighted by Crippen LogP contribution is 1.70. The van der Waals surface area contributed by atoms with Gasteiger partial charge in [-0.1, -0.05) is 6.92 Å². The zero-order chi connectivity index (χ0) is 5.54. The minimum absolute atomic E-state index is 0. The molecule has 9 heavy (non-hydrogen) atoms. The molecule has 0 atom stereocenters. The van der Waals surface area contributed by atoms with Crippen LogP contribution in [-0.4, -0.2) is 13.7 Å². The highest BCUT2D eigenvalue weighted by molar-refractivity contribution is 5.85. The van der Waals surface area contributed by atoms with Crippen LogP contribution in [0.2, 0.25) is 0 Å². The minimum Gasteiger partial charge on any atom is -0.287 e. The molecule has 3 nitrogen and oxygen atoms in total. The van der Waals surface area contributed by atoms with Crippen molar-refractivity contribution in [2.75, 3.05) is 13.7 Å². The second kappa shape index (κ2) is 15.8. The number of hydrazine groups is 1. The monoisotopic (exact) mass is 176 g/mol. The van der Waals surface area contributed by atoms with Gasteiger partial charge >= 0.3 is 0 Å². The summed E-state index contributed by atoms with van der Waals surface area (Å²) in [6, 6.07) is 0. The Morgan fingerprint density at radius 3 is 2.22 bits per heavy atom. The summed E-state index contributed by atoms with van der Waals surface area (Å²) in [5, 5.41) is 0. The Morgan fingerprint density at radius 1 is 1.33 bits per heavy atom. The number of nitrogens with one attached hydrogen (secondary N) is 2. The Morgan fingerprint density at radius 2 is 1.89 bits per heavy atom. The summed E-state index contributed by atoms with van der Waals surface area (Å²) < 4.78 is 0. The second-order valence-corrected chi connectivity index (χ2v) is 1.20. The molecule has 0 saturated carbocycles. The summed E-state index contributed by atoms with van der Waals surface area (Å²) in [4.78, 5) is 4.77. The first-order valence-corrected chi connectivity index (χ1v) is 2.45. The Kier molecular flexibility index (Phi) is 28.5. The molecule has 0 unspecified atom stereocenters. The number of hydrogen-bond acceptors (Lipinski definition) is 3. The highest BCUT2D eigenvalue weighted by atomic mass is 35.5. The van der Waals surface area contributed by atoms with Crippen LogP contribution >= 0.6 is 24.8 Å². The van der Waals surface area contributed by atoms with Crippen molar-refractivity contribution in [3.8, 4) is 0 Å². The Balaban J connectivity index is -0.000000180. The van der Waals surface area contributed by atoms with Gasteiger partial charge in [0, 0.05) is 7.05 Å². The SMILES string of the molecule is CCCONNC.Cl.Cl. The minimum atomic E-state index is 0. The summed E-state index contributed by atoms with van der Waals surface area (Å²) in [5.74, 6) is 0. The van der Waals surface area contributed by atoms with Gasteiger partial charge in [-0.05, 0) is 6.42 Å². The van der Waals surface area contributed by atoms with Crippen LogP contribution in [0, 0.1) is 0 Å². The lowest BCUT2D eigenvalue weighted by atomic mass is 10.5. The summed E-state index contributed by atoms with van der Waals surface area (Å²) >= 11 is 0. The van der Waals surface area contributed by atoms with Gasteiger partial charge < -0.3 is 0 Å². The average molecular weight is 177 g/mol. The quantitative estimate of drug-likeness (QED) is 0.494. The molecular weight excluding hydrogens is 163 g/mol. The van der Waals surface area contributed by atoms with E-state index < -0.39 is 0 Å². The summed E-state index contributed by atoms with van der Waals surface area (Å²) in [5.41, 5.74) is 5.13. The van der Waals surface area contributed by atoms with E-state index in [-0.39, 0.29) is 24.8 Å². The van der Waals surface area contributed by atoms with E-state index in [9.17, 15) is 0 Å². The molecule has 0 rings (SSSR count). The normalized spacial score (nSPS) is 7.33. The Hall–Kier alpha value is 0.460. The molecule has 0 radical (unpaired) electrons. The molecule has 0 heterocycles. The van der Waals surface area contributed by atoms with E-state index in [0.29, 0.717) is 0 Å². The van der Waals surface area contributed by atoms with Crippen LogP contribution in [0.15, 0.2) is 0 Å². The summed E-state index contributed by atoms with van der Waals surface area (Å²) in [6.45, 7) is 2.80. The first-order chi connectivity index (χ1) is 3.41. The molecule has 0 saturated heterocycles. The van der Waals surface area contributed by atoms with Crippen LogP contribution in [0.1, 0.15) is 13.3 Å². The third kappa shape index (κ3) is 17.7. The van der Waals surface area contributed by atoms with Gasteiger partial charge in [-0.25, -0.2) is 5.43 Å². The second-order valence-electron chi connectivity index (χ2n) is 1.20. The van der Waals surface area contributed by atoms with E-state index in [1.54, 1.807) is 7.05 Å². The molecule has 60 valence electrons. The fraction of sp³-hybridized carbons (Fsp3) is 1.00. The van der Waals surface area contributed by atoms with E-state index in [1.165, 1.54) is 0 Å². The molecule has 0 bridgehead atoms. The molecule has 0 amide bonds. The van der Waals surface area contributed by atoms with Crippen molar-refractivity contribution in [3.05, 3.63) is 0 Å². The molecule has 5 heteroatoms. The van der Waals surface area contributed by atoms with Gasteiger partial charge in [0.25, 0.3) is 0 Å². The van der Waals surface area contributed by atoms with E-state index >= 15 is 0 Å². The zero-order valence-electron chi connectivity index (χ0n) is 5.64. The molecule has 0 aromatic heterocycles. The largest absolute Gasteiger partial charge is 0.287 e. The van der Waals surface area contributed by atoms with Crippen LogP contribution in [0.25, 0.3) is 0 Å². The van der Waals surface area contributed by atoms with E-state index in [0.717, 1.165) is 13.0 Å².